The molecule has 0 aliphatic carbocycles. The second-order valence-electron chi connectivity index (χ2n) is 4.39. The van der Waals surface area contributed by atoms with Crippen LogP contribution in [-0.2, 0) is 11.2 Å². The third-order valence-corrected chi connectivity index (χ3v) is 3.08. The minimum Gasteiger partial charge on any atom is -0.497 e. The zero-order valence-corrected chi connectivity index (χ0v) is 10.4. The van der Waals surface area contributed by atoms with E-state index in [0.717, 1.165) is 36.8 Å². The number of rotatable bonds is 4. The van der Waals surface area contributed by atoms with Crippen molar-refractivity contribution in [2.75, 3.05) is 13.7 Å². The Balaban J connectivity index is 2.09. The first-order valence-electron chi connectivity index (χ1n) is 6.14. The second kappa shape index (κ2) is 5.96. The zero-order valence-electron chi connectivity index (χ0n) is 10.4. The molecule has 1 aromatic carbocycles. The molecule has 0 radical (unpaired) electrons. The lowest BCUT2D eigenvalue weighted by atomic mass is 10.0. The van der Waals surface area contributed by atoms with Crippen molar-refractivity contribution in [3.63, 3.8) is 0 Å². The van der Waals surface area contributed by atoms with Gasteiger partial charge in [-0.1, -0.05) is 6.07 Å². The standard InChI is InChI=1S/C14H17F2NO/c1-17-13(14-4-2-3-7-18-14)9-10-5-6-11(15)12(16)8-10/h4-6,8,13,17H,2-3,7,9H2,1H3. The maximum Gasteiger partial charge on any atom is 0.159 e. The van der Waals surface area contributed by atoms with Gasteiger partial charge in [0.25, 0.3) is 0 Å². The average Bonchev–Trinajstić information content (AvgIpc) is 2.41. The number of hydrogen-bond donors (Lipinski definition) is 1. The molecule has 1 aromatic rings. The Kier molecular flexibility index (Phi) is 4.31. The predicted molar refractivity (Wildman–Crippen MR) is 66.2 cm³/mol. The van der Waals surface area contributed by atoms with Crippen LogP contribution >= 0.6 is 0 Å². The van der Waals surface area contributed by atoms with Crippen molar-refractivity contribution in [1.29, 1.82) is 0 Å². The summed E-state index contributed by atoms with van der Waals surface area (Å²) in [5, 5.41) is 3.14. The summed E-state index contributed by atoms with van der Waals surface area (Å²) in [5.41, 5.74) is 0.753. The Morgan fingerprint density at radius 3 is 2.78 bits per heavy atom. The summed E-state index contributed by atoms with van der Waals surface area (Å²) in [4.78, 5) is 0. The highest BCUT2D eigenvalue weighted by Crippen LogP contribution is 2.18. The van der Waals surface area contributed by atoms with Gasteiger partial charge in [0.05, 0.1) is 12.6 Å². The van der Waals surface area contributed by atoms with Gasteiger partial charge >= 0.3 is 0 Å². The van der Waals surface area contributed by atoms with Gasteiger partial charge < -0.3 is 10.1 Å². The smallest absolute Gasteiger partial charge is 0.159 e. The van der Waals surface area contributed by atoms with Gasteiger partial charge in [-0.15, -0.1) is 0 Å². The predicted octanol–water partition coefficient (Wildman–Crippen LogP) is 2.79. The molecule has 0 bridgehead atoms. The highest BCUT2D eigenvalue weighted by atomic mass is 19.2. The van der Waals surface area contributed by atoms with Crippen molar-refractivity contribution >= 4 is 0 Å². The Labute approximate surface area is 106 Å². The molecule has 0 spiro atoms. The quantitative estimate of drug-likeness (QED) is 0.891. The van der Waals surface area contributed by atoms with Crippen molar-refractivity contribution in [3.05, 3.63) is 47.2 Å². The lowest BCUT2D eigenvalue weighted by Gasteiger charge is -2.23. The topological polar surface area (TPSA) is 21.3 Å². The molecular formula is C14H17F2NO. The fourth-order valence-electron chi connectivity index (χ4n) is 2.07. The number of allylic oxidation sites excluding steroid dienone is 1. The van der Waals surface area contributed by atoms with Crippen LogP contribution in [0.3, 0.4) is 0 Å². The molecule has 0 saturated carbocycles. The summed E-state index contributed by atoms with van der Waals surface area (Å²) in [5.74, 6) is -0.720. The molecule has 1 heterocycles. The fourth-order valence-corrected chi connectivity index (χ4v) is 2.07. The van der Waals surface area contributed by atoms with Crippen molar-refractivity contribution in [1.82, 2.24) is 5.32 Å². The number of hydrogen-bond acceptors (Lipinski definition) is 2. The van der Waals surface area contributed by atoms with Gasteiger partial charge in [-0.2, -0.15) is 0 Å². The Hall–Kier alpha value is -1.42. The third kappa shape index (κ3) is 3.07. The first-order chi connectivity index (χ1) is 8.70. The number of halogens is 2. The lowest BCUT2D eigenvalue weighted by Crippen LogP contribution is -2.32. The van der Waals surface area contributed by atoms with Gasteiger partial charge in [0, 0.05) is 0 Å². The van der Waals surface area contributed by atoms with E-state index < -0.39 is 11.6 Å². The molecule has 98 valence electrons. The molecule has 1 N–H and O–H groups in total. The van der Waals surface area contributed by atoms with Crippen LogP contribution in [0, 0.1) is 11.6 Å². The number of benzene rings is 1. The van der Waals surface area contributed by atoms with E-state index in [9.17, 15) is 8.78 Å². The van der Waals surface area contributed by atoms with Crippen molar-refractivity contribution in [2.24, 2.45) is 0 Å². The molecule has 18 heavy (non-hydrogen) atoms. The lowest BCUT2D eigenvalue weighted by molar-refractivity contribution is 0.169. The van der Waals surface area contributed by atoms with E-state index in [-0.39, 0.29) is 6.04 Å². The molecule has 4 heteroatoms. The van der Waals surface area contributed by atoms with Crippen LogP contribution in [0.4, 0.5) is 8.78 Å². The van der Waals surface area contributed by atoms with Gasteiger partial charge in [0.1, 0.15) is 5.76 Å². The van der Waals surface area contributed by atoms with Crippen molar-refractivity contribution in [3.8, 4) is 0 Å². The highest BCUT2D eigenvalue weighted by Gasteiger charge is 2.17. The number of likely N-dealkylation sites (N-methyl/N-ethyl adjacent to an activating group) is 1. The number of nitrogens with one attached hydrogen (secondary N) is 1. The molecule has 1 atom stereocenters. The minimum absolute atomic E-state index is 0.00941. The summed E-state index contributed by atoms with van der Waals surface area (Å²) < 4.78 is 31.6. The van der Waals surface area contributed by atoms with Crippen LogP contribution in [0.1, 0.15) is 18.4 Å². The summed E-state index contributed by atoms with van der Waals surface area (Å²) in [6.45, 7) is 0.724. The maximum atomic E-state index is 13.1. The monoisotopic (exact) mass is 253 g/mol. The van der Waals surface area contributed by atoms with E-state index in [1.807, 2.05) is 7.05 Å². The maximum absolute atomic E-state index is 13.1. The molecule has 1 aliphatic heterocycles. The summed E-state index contributed by atoms with van der Waals surface area (Å²) in [7, 11) is 1.84. The summed E-state index contributed by atoms with van der Waals surface area (Å²) >= 11 is 0. The number of ether oxygens (including phenoxy) is 1. The average molecular weight is 253 g/mol. The minimum atomic E-state index is -0.812. The van der Waals surface area contributed by atoms with Crippen molar-refractivity contribution < 1.29 is 13.5 Å². The summed E-state index contributed by atoms with van der Waals surface area (Å²) in [6.07, 6.45) is 4.68. The molecule has 1 unspecified atom stereocenters. The van der Waals surface area contributed by atoms with Crippen LogP contribution in [0.5, 0.6) is 0 Å². The van der Waals surface area contributed by atoms with Gasteiger partial charge in [0.15, 0.2) is 11.6 Å². The molecule has 2 rings (SSSR count). The highest BCUT2D eigenvalue weighted by molar-refractivity contribution is 5.21. The molecule has 0 aromatic heterocycles. The second-order valence-corrected chi connectivity index (χ2v) is 4.39. The van der Waals surface area contributed by atoms with Crippen LogP contribution in [0.2, 0.25) is 0 Å². The molecule has 2 nitrogen and oxygen atoms in total. The van der Waals surface area contributed by atoms with Gasteiger partial charge in [-0.25, -0.2) is 8.78 Å². The van der Waals surface area contributed by atoms with Crippen LogP contribution in [-0.4, -0.2) is 19.7 Å². The first kappa shape index (κ1) is 13.0. The van der Waals surface area contributed by atoms with E-state index in [1.165, 1.54) is 6.07 Å². The van der Waals surface area contributed by atoms with Crippen molar-refractivity contribution in [2.45, 2.75) is 25.3 Å². The van der Waals surface area contributed by atoms with E-state index in [0.29, 0.717) is 6.42 Å². The Morgan fingerprint density at radius 1 is 1.33 bits per heavy atom. The van der Waals surface area contributed by atoms with E-state index >= 15 is 0 Å². The van der Waals surface area contributed by atoms with Gasteiger partial charge in [-0.3, -0.25) is 0 Å². The first-order valence-corrected chi connectivity index (χ1v) is 6.14. The fraction of sp³-hybridized carbons (Fsp3) is 0.429. The molecular weight excluding hydrogens is 236 g/mol. The molecule has 1 aliphatic rings. The van der Waals surface area contributed by atoms with E-state index in [2.05, 4.69) is 11.4 Å². The summed E-state index contributed by atoms with van der Waals surface area (Å²) in [6, 6.07) is 4.01. The van der Waals surface area contributed by atoms with E-state index in [1.54, 1.807) is 6.07 Å². The molecule has 0 amide bonds. The molecule has 0 fully saturated rings. The van der Waals surface area contributed by atoms with Crippen LogP contribution in [0.15, 0.2) is 30.0 Å². The van der Waals surface area contributed by atoms with E-state index in [4.69, 9.17) is 4.74 Å². The largest absolute Gasteiger partial charge is 0.497 e. The Morgan fingerprint density at radius 2 is 2.17 bits per heavy atom. The third-order valence-electron chi connectivity index (χ3n) is 3.08. The van der Waals surface area contributed by atoms with Gasteiger partial charge in [0.2, 0.25) is 0 Å². The molecule has 0 saturated heterocycles. The normalized spacial score (nSPS) is 16.9. The SMILES string of the molecule is CNC(Cc1ccc(F)c(F)c1)C1=CCCCO1. The Bertz CT molecular complexity index is 445. The van der Waals surface area contributed by atoms with Crippen LogP contribution < -0.4 is 5.32 Å². The van der Waals surface area contributed by atoms with Crippen LogP contribution in [0.25, 0.3) is 0 Å². The zero-order chi connectivity index (χ0) is 13.0. The van der Waals surface area contributed by atoms with Gasteiger partial charge in [-0.05, 0) is 50.1 Å².